The average molecular weight is 554 g/mol. The maximum atomic E-state index is 13.6. The van der Waals surface area contributed by atoms with E-state index in [-0.39, 0.29) is 17.4 Å². The van der Waals surface area contributed by atoms with Crippen LogP contribution in [0.4, 0.5) is 4.39 Å². The molecule has 2 aromatic rings. The number of nitrogens with zero attached hydrogens (tertiary/aromatic N) is 3. The SMILES string of the molecule is CCOC(=O)C1(C)CCN(C2=NOC3(C2)CN(Cc2cc(OCC)c(-c4ccc(F)cc4)c(OCC)c2)C3)CC1. The number of rotatable bonds is 9. The number of esters is 1. The third kappa shape index (κ3) is 5.75. The van der Waals surface area contributed by atoms with E-state index >= 15 is 0 Å². The molecule has 0 atom stereocenters. The van der Waals surface area contributed by atoms with Crippen LogP contribution in [-0.4, -0.2) is 73.2 Å². The molecule has 2 aromatic carbocycles. The van der Waals surface area contributed by atoms with Gasteiger partial charge < -0.3 is 23.9 Å². The predicted molar refractivity (Wildman–Crippen MR) is 151 cm³/mol. The minimum absolute atomic E-state index is 0.101. The van der Waals surface area contributed by atoms with Crippen LogP contribution in [0.15, 0.2) is 41.6 Å². The minimum atomic E-state index is -0.426. The number of benzene rings is 2. The van der Waals surface area contributed by atoms with Gasteiger partial charge in [-0.3, -0.25) is 9.69 Å². The first kappa shape index (κ1) is 28.2. The van der Waals surface area contributed by atoms with Crippen molar-refractivity contribution >= 4 is 11.8 Å². The van der Waals surface area contributed by atoms with E-state index in [2.05, 4.69) is 27.1 Å². The summed E-state index contributed by atoms with van der Waals surface area (Å²) in [6.07, 6.45) is 2.28. The Kier molecular flexibility index (Phi) is 8.21. The second-order valence-electron chi connectivity index (χ2n) is 11.2. The van der Waals surface area contributed by atoms with Gasteiger partial charge in [0.25, 0.3) is 0 Å². The van der Waals surface area contributed by atoms with Crippen LogP contribution >= 0.6 is 0 Å². The lowest BCUT2D eigenvalue weighted by Crippen LogP contribution is -2.61. The lowest BCUT2D eigenvalue weighted by Gasteiger charge is -2.46. The number of carbonyl (C=O) groups excluding carboxylic acids is 1. The van der Waals surface area contributed by atoms with E-state index in [0.717, 1.165) is 86.0 Å². The molecule has 0 aromatic heterocycles. The highest BCUT2D eigenvalue weighted by Gasteiger charge is 2.51. The third-order valence-electron chi connectivity index (χ3n) is 8.11. The van der Waals surface area contributed by atoms with Crippen LogP contribution < -0.4 is 9.47 Å². The van der Waals surface area contributed by atoms with Gasteiger partial charge in [-0.1, -0.05) is 17.3 Å². The van der Waals surface area contributed by atoms with Gasteiger partial charge in [0.1, 0.15) is 23.2 Å². The molecule has 0 N–H and O–H groups in total. The second kappa shape index (κ2) is 11.6. The summed E-state index contributed by atoms with van der Waals surface area (Å²) in [6.45, 7) is 13.0. The molecule has 0 bridgehead atoms. The molecule has 1 spiro atoms. The zero-order chi connectivity index (χ0) is 28.3. The molecule has 9 heteroatoms. The molecule has 0 unspecified atom stereocenters. The Morgan fingerprint density at radius 1 is 1.00 bits per heavy atom. The van der Waals surface area contributed by atoms with E-state index in [1.54, 1.807) is 12.1 Å². The summed E-state index contributed by atoms with van der Waals surface area (Å²) >= 11 is 0. The summed E-state index contributed by atoms with van der Waals surface area (Å²) < 4.78 is 30.9. The number of likely N-dealkylation sites (tertiary alicyclic amines) is 2. The average Bonchev–Trinajstić information content (AvgIpc) is 3.36. The van der Waals surface area contributed by atoms with Crippen molar-refractivity contribution in [1.82, 2.24) is 9.80 Å². The molecular weight excluding hydrogens is 513 g/mol. The number of ether oxygens (including phenoxy) is 3. The molecule has 0 saturated carbocycles. The quantitative estimate of drug-likeness (QED) is 0.393. The number of amidine groups is 1. The lowest BCUT2D eigenvalue weighted by atomic mass is 9.80. The summed E-state index contributed by atoms with van der Waals surface area (Å²) in [5.41, 5.74) is 2.06. The predicted octanol–water partition coefficient (Wildman–Crippen LogP) is 5.24. The minimum Gasteiger partial charge on any atom is -0.493 e. The van der Waals surface area contributed by atoms with Crippen molar-refractivity contribution in [2.24, 2.45) is 10.6 Å². The molecule has 5 rings (SSSR count). The Morgan fingerprint density at radius 2 is 1.62 bits per heavy atom. The lowest BCUT2D eigenvalue weighted by molar-refractivity contribution is -0.156. The molecule has 3 heterocycles. The fraction of sp³-hybridized carbons (Fsp3) is 0.548. The van der Waals surface area contributed by atoms with Crippen molar-refractivity contribution in [3.8, 4) is 22.6 Å². The standard InChI is InChI=1S/C31H40FN3O5/c1-5-37-25-16-22(17-26(38-6-2)28(25)23-8-10-24(32)11-9-23)19-34-20-31(21-34)18-27(33-40-31)35-14-12-30(4,13-15-35)29(36)39-7-3/h8-11,16-17H,5-7,12-15,18-21H2,1-4H3. The highest BCUT2D eigenvalue weighted by Crippen LogP contribution is 2.42. The first-order valence-electron chi connectivity index (χ1n) is 14.4. The van der Waals surface area contributed by atoms with Crippen molar-refractivity contribution < 1.29 is 28.2 Å². The van der Waals surface area contributed by atoms with Crippen LogP contribution in [0.25, 0.3) is 11.1 Å². The number of piperidine rings is 1. The van der Waals surface area contributed by atoms with Gasteiger partial charge in [0.05, 0.1) is 37.2 Å². The third-order valence-corrected chi connectivity index (χ3v) is 8.11. The number of hydrogen-bond donors (Lipinski definition) is 0. The highest BCUT2D eigenvalue weighted by atomic mass is 19.1. The van der Waals surface area contributed by atoms with Crippen molar-refractivity contribution in [2.75, 3.05) is 46.0 Å². The molecular formula is C31H40FN3O5. The van der Waals surface area contributed by atoms with E-state index in [1.165, 1.54) is 12.1 Å². The maximum absolute atomic E-state index is 13.6. The van der Waals surface area contributed by atoms with E-state index in [0.29, 0.717) is 19.8 Å². The second-order valence-corrected chi connectivity index (χ2v) is 11.2. The Labute approximate surface area is 236 Å². The number of carbonyl (C=O) groups is 1. The normalized spacial score (nSPS) is 19.5. The molecule has 2 fully saturated rings. The van der Waals surface area contributed by atoms with Gasteiger partial charge in [-0.05, 0) is 75.9 Å². The fourth-order valence-electron chi connectivity index (χ4n) is 5.92. The van der Waals surface area contributed by atoms with Gasteiger partial charge >= 0.3 is 5.97 Å². The monoisotopic (exact) mass is 553 g/mol. The van der Waals surface area contributed by atoms with E-state index < -0.39 is 5.41 Å². The van der Waals surface area contributed by atoms with Gasteiger partial charge in [0.15, 0.2) is 5.60 Å². The molecule has 3 aliphatic rings. The molecule has 216 valence electrons. The Morgan fingerprint density at radius 3 is 2.20 bits per heavy atom. The molecule has 0 aliphatic carbocycles. The van der Waals surface area contributed by atoms with Gasteiger partial charge in [-0.15, -0.1) is 0 Å². The molecule has 8 nitrogen and oxygen atoms in total. The van der Waals surface area contributed by atoms with Gasteiger partial charge in [-0.2, -0.15) is 0 Å². The zero-order valence-corrected chi connectivity index (χ0v) is 24.0. The molecule has 40 heavy (non-hydrogen) atoms. The number of halogens is 1. The first-order chi connectivity index (χ1) is 19.3. The van der Waals surface area contributed by atoms with Gasteiger partial charge in [0.2, 0.25) is 0 Å². The maximum Gasteiger partial charge on any atom is 0.311 e. The topological polar surface area (TPSA) is 72.8 Å². The Bertz CT molecular complexity index is 1210. The highest BCUT2D eigenvalue weighted by molar-refractivity contribution is 5.85. The summed E-state index contributed by atoms with van der Waals surface area (Å²) in [5.74, 6) is 2.06. The van der Waals surface area contributed by atoms with E-state index in [1.807, 2.05) is 27.7 Å². The number of oxime groups is 1. The first-order valence-corrected chi connectivity index (χ1v) is 14.4. The van der Waals surface area contributed by atoms with Gasteiger partial charge in [0, 0.05) is 32.7 Å². The van der Waals surface area contributed by atoms with Crippen LogP contribution in [-0.2, 0) is 20.9 Å². The van der Waals surface area contributed by atoms with Crippen LogP contribution in [0.1, 0.15) is 52.5 Å². The summed E-state index contributed by atoms with van der Waals surface area (Å²) in [6, 6.07) is 10.5. The van der Waals surface area contributed by atoms with Crippen molar-refractivity contribution in [1.29, 1.82) is 0 Å². The van der Waals surface area contributed by atoms with E-state index in [4.69, 9.17) is 19.0 Å². The van der Waals surface area contributed by atoms with Crippen LogP contribution in [0.5, 0.6) is 11.5 Å². The van der Waals surface area contributed by atoms with Gasteiger partial charge in [-0.25, -0.2) is 4.39 Å². The molecule has 0 radical (unpaired) electrons. The Balaban J connectivity index is 1.21. The van der Waals surface area contributed by atoms with Crippen molar-refractivity contribution in [2.45, 2.75) is 59.1 Å². The van der Waals surface area contributed by atoms with Crippen LogP contribution in [0, 0.1) is 11.2 Å². The van der Waals surface area contributed by atoms with Crippen LogP contribution in [0.2, 0.25) is 0 Å². The summed E-state index contributed by atoms with van der Waals surface area (Å²) in [5, 5.41) is 4.47. The van der Waals surface area contributed by atoms with Crippen molar-refractivity contribution in [3.05, 3.63) is 47.8 Å². The number of hydrogen-bond acceptors (Lipinski definition) is 8. The Hall–Kier alpha value is -3.33. The van der Waals surface area contributed by atoms with Crippen molar-refractivity contribution in [3.63, 3.8) is 0 Å². The largest absolute Gasteiger partial charge is 0.493 e. The summed E-state index contributed by atoms with van der Waals surface area (Å²) in [4.78, 5) is 23.0. The molecule has 2 saturated heterocycles. The zero-order valence-electron chi connectivity index (χ0n) is 24.0. The fourth-order valence-corrected chi connectivity index (χ4v) is 5.92. The van der Waals surface area contributed by atoms with Crippen LogP contribution in [0.3, 0.4) is 0 Å². The molecule has 0 amide bonds. The summed E-state index contributed by atoms with van der Waals surface area (Å²) in [7, 11) is 0. The smallest absolute Gasteiger partial charge is 0.311 e. The van der Waals surface area contributed by atoms with E-state index in [9.17, 15) is 9.18 Å². The molecule has 3 aliphatic heterocycles.